The molecule has 5 rings (SSSR count). The quantitative estimate of drug-likeness (QED) is 0.695. The first kappa shape index (κ1) is 17.3. The number of likely N-dealkylation sites (tertiary alicyclic amines) is 1. The number of nitrogens with one attached hydrogen (secondary N) is 2. The molecule has 0 aliphatic carbocycles. The molecule has 1 fully saturated rings. The fourth-order valence-corrected chi connectivity index (χ4v) is 4.52. The van der Waals surface area contributed by atoms with Gasteiger partial charge in [-0.1, -0.05) is 24.3 Å². The minimum absolute atomic E-state index is 0.127. The summed E-state index contributed by atoms with van der Waals surface area (Å²) in [5.41, 5.74) is 1.26. The third kappa shape index (κ3) is 2.49. The molecule has 2 amide bonds. The second kappa shape index (κ2) is 6.37. The summed E-state index contributed by atoms with van der Waals surface area (Å²) in [6.07, 6.45) is 3.82. The number of hydrogen-bond donors (Lipinski definition) is 2. The normalized spacial score (nSPS) is 22.6. The van der Waals surface area contributed by atoms with Gasteiger partial charge in [0.15, 0.2) is 0 Å². The number of anilines is 1. The molecule has 2 unspecified atom stereocenters. The highest BCUT2D eigenvalue weighted by molar-refractivity contribution is 6.08. The molecule has 2 aromatic heterocycles. The predicted molar refractivity (Wildman–Crippen MR) is 104 cm³/mol. The number of carbonyl (C=O) groups excluding carboxylic acids is 2. The standard InChI is InChI=1S/C21H17N5O3/c27-17-8-7-16(24-25-17)19(28)26-11-9-21(18(26)13-4-3-10-22-12-13)14-5-1-2-6-15(14)23-20(21)29/h1-8,10,12,18H,9,11H2,(H,23,29)(H,25,27). The Morgan fingerprint density at radius 3 is 2.72 bits per heavy atom. The first-order valence-corrected chi connectivity index (χ1v) is 9.29. The monoisotopic (exact) mass is 387 g/mol. The topological polar surface area (TPSA) is 108 Å². The molecule has 1 saturated heterocycles. The lowest BCUT2D eigenvalue weighted by Gasteiger charge is -2.34. The van der Waals surface area contributed by atoms with Gasteiger partial charge in [0.05, 0.1) is 6.04 Å². The van der Waals surface area contributed by atoms with Crippen LogP contribution in [0.5, 0.6) is 0 Å². The minimum atomic E-state index is -0.905. The van der Waals surface area contributed by atoms with Crippen LogP contribution in [0, 0.1) is 0 Å². The fraction of sp³-hybridized carbons (Fsp3) is 0.190. The zero-order chi connectivity index (χ0) is 20.0. The lowest BCUT2D eigenvalue weighted by atomic mass is 9.73. The summed E-state index contributed by atoms with van der Waals surface area (Å²) >= 11 is 0. The van der Waals surface area contributed by atoms with Gasteiger partial charge in [-0.3, -0.25) is 19.4 Å². The van der Waals surface area contributed by atoms with Gasteiger partial charge >= 0.3 is 0 Å². The van der Waals surface area contributed by atoms with Crippen LogP contribution in [0.4, 0.5) is 5.69 Å². The van der Waals surface area contributed by atoms with Crippen LogP contribution in [0.2, 0.25) is 0 Å². The van der Waals surface area contributed by atoms with Crippen LogP contribution in [0.1, 0.15) is 34.1 Å². The molecular formula is C21H17N5O3. The van der Waals surface area contributed by atoms with E-state index in [2.05, 4.69) is 20.5 Å². The van der Waals surface area contributed by atoms with Crippen molar-refractivity contribution in [3.05, 3.63) is 88.1 Å². The van der Waals surface area contributed by atoms with Crippen LogP contribution < -0.4 is 10.9 Å². The Morgan fingerprint density at radius 2 is 1.97 bits per heavy atom. The van der Waals surface area contributed by atoms with E-state index < -0.39 is 11.5 Å². The van der Waals surface area contributed by atoms with Crippen molar-refractivity contribution >= 4 is 17.5 Å². The Morgan fingerprint density at radius 1 is 1.10 bits per heavy atom. The van der Waals surface area contributed by atoms with Crippen molar-refractivity contribution in [1.82, 2.24) is 20.1 Å². The van der Waals surface area contributed by atoms with Crippen LogP contribution in [0.3, 0.4) is 0 Å². The number of fused-ring (bicyclic) bond motifs is 2. The number of amides is 2. The van der Waals surface area contributed by atoms with Crippen molar-refractivity contribution in [2.45, 2.75) is 17.9 Å². The van der Waals surface area contributed by atoms with E-state index in [9.17, 15) is 14.4 Å². The predicted octanol–water partition coefficient (Wildman–Crippen LogP) is 1.64. The van der Waals surface area contributed by atoms with E-state index in [0.717, 1.165) is 16.8 Å². The van der Waals surface area contributed by atoms with E-state index in [1.54, 1.807) is 23.4 Å². The first-order valence-electron chi connectivity index (χ1n) is 9.29. The number of rotatable bonds is 2. The molecule has 144 valence electrons. The molecular weight excluding hydrogens is 370 g/mol. The molecule has 2 aliphatic heterocycles. The molecule has 1 spiro atoms. The number of aromatic nitrogens is 3. The van der Waals surface area contributed by atoms with Crippen LogP contribution in [0.25, 0.3) is 0 Å². The Bertz CT molecular complexity index is 1160. The molecule has 2 atom stereocenters. The van der Waals surface area contributed by atoms with Crippen LogP contribution in [-0.4, -0.2) is 38.4 Å². The number of carbonyl (C=O) groups is 2. The Labute approximate surface area is 165 Å². The van der Waals surface area contributed by atoms with Gasteiger partial charge in [-0.15, -0.1) is 0 Å². The zero-order valence-electron chi connectivity index (χ0n) is 15.3. The molecule has 1 aromatic carbocycles. The first-order chi connectivity index (χ1) is 14.1. The van der Waals surface area contributed by atoms with E-state index in [4.69, 9.17) is 0 Å². The largest absolute Gasteiger partial charge is 0.329 e. The van der Waals surface area contributed by atoms with Crippen molar-refractivity contribution in [2.75, 3.05) is 11.9 Å². The SMILES string of the molecule is O=C(c1ccc(=O)[nH]n1)N1CCC2(C(=O)Nc3ccccc32)C1c1cccnc1. The lowest BCUT2D eigenvalue weighted by molar-refractivity contribution is -0.121. The number of para-hydroxylation sites is 1. The Kier molecular flexibility index (Phi) is 3.80. The number of H-pyrrole nitrogens is 1. The number of aromatic amines is 1. The maximum Gasteiger partial charge on any atom is 0.274 e. The summed E-state index contributed by atoms with van der Waals surface area (Å²) in [6.45, 7) is 0.376. The Balaban J connectivity index is 1.66. The third-order valence-electron chi connectivity index (χ3n) is 5.75. The van der Waals surface area contributed by atoms with E-state index >= 15 is 0 Å². The van der Waals surface area contributed by atoms with Gasteiger partial charge in [0, 0.05) is 30.7 Å². The van der Waals surface area contributed by atoms with Crippen LogP contribution in [-0.2, 0) is 10.2 Å². The minimum Gasteiger partial charge on any atom is -0.329 e. The van der Waals surface area contributed by atoms with Crippen LogP contribution >= 0.6 is 0 Å². The number of hydrogen-bond acceptors (Lipinski definition) is 5. The number of pyridine rings is 1. The molecule has 8 nitrogen and oxygen atoms in total. The maximum absolute atomic E-state index is 13.3. The average molecular weight is 387 g/mol. The molecule has 4 heterocycles. The van der Waals surface area contributed by atoms with Crippen molar-refractivity contribution < 1.29 is 9.59 Å². The molecule has 2 aliphatic rings. The average Bonchev–Trinajstić information content (AvgIpc) is 3.28. The fourth-order valence-electron chi connectivity index (χ4n) is 4.52. The summed E-state index contributed by atoms with van der Waals surface area (Å²) in [5.74, 6) is -0.471. The lowest BCUT2D eigenvalue weighted by Crippen LogP contribution is -2.43. The summed E-state index contributed by atoms with van der Waals surface area (Å²) in [6, 6.07) is 13.4. The molecule has 2 N–H and O–H groups in total. The van der Waals surface area contributed by atoms with Gasteiger partial charge in [-0.2, -0.15) is 5.10 Å². The maximum atomic E-state index is 13.3. The number of benzene rings is 1. The third-order valence-corrected chi connectivity index (χ3v) is 5.75. The van der Waals surface area contributed by atoms with Gasteiger partial charge in [0.25, 0.3) is 11.5 Å². The van der Waals surface area contributed by atoms with E-state index in [-0.39, 0.29) is 23.1 Å². The molecule has 8 heteroatoms. The molecule has 0 radical (unpaired) electrons. The highest BCUT2D eigenvalue weighted by atomic mass is 16.2. The van der Waals surface area contributed by atoms with Crippen molar-refractivity contribution in [3.63, 3.8) is 0 Å². The van der Waals surface area contributed by atoms with Gasteiger partial charge < -0.3 is 10.2 Å². The highest BCUT2D eigenvalue weighted by Gasteiger charge is 2.59. The Hall–Kier alpha value is -3.81. The second-order valence-corrected chi connectivity index (χ2v) is 7.21. The zero-order valence-corrected chi connectivity index (χ0v) is 15.3. The van der Waals surface area contributed by atoms with Gasteiger partial charge in [0.2, 0.25) is 5.91 Å². The smallest absolute Gasteiger partial charge is 0.274 e. The summed E-state index contributed by atoms with van der Waals surface area (Å²) < 4.78 is 0. The van der Waals surface area contributed by atoms with Crippen molar-refractivity contribution in [3.8, 4) is 0 Å². The van der Waals surface area contributed by atoms with E-state index in [1.807, 2.05) is 30.3 Å². The highest BCUT2D eigenvalue weighted by Crippen LogP contribution is 2.54. The van der Waals surface area contributed by atoms with Gasteiger partial charge in [0.1, 0.15) is 11.1 Å². The summed E-state index contributed by atoms with van der Waals surface area (Å²) in [7, 11) is 0. The molecule has 3 aromatic rings. The molecule has 0 bridgehead atoms. The second-order valence-electron chi connectivity index (χ2n) is 7.21. The number of nitrogens with zero attached hydrogens (tertiary/aromatic N) is 3. The summed E-state index contributed by atoms with van der Waals surface area (Å²) in [5, 5.41) is 9.16. The van der Waals surface area contributed by atoms with Gasteiger partial charge in [-0.05, 0) is 35.7 Å². The van der Waals surface area contributed by atoms with E-state index in [1.165, 1.54) is 12.1 Å². The van der Waals surface area contributed by atoms with E-state index in [0.29, 0.717) is 13.0 Å². The van der Waals surface area contributed by atoms with Crippen molar-refractivity contribution in [1.29, 1.82) is 0 Å². The van der Waals surface area contributed by atoms with Gasteiger partial charge in [-0.25, -0.2) is 5.10 Å². The van der Waals surface area contributed by atoms with Crippen LogP contribution in [0.15, 0.2) is 65.7 Å². The summed E-state index contributed by atoms with van der Waals surface area (Å²) in [4.78, 5) is 43.7. The van der Waals surface area contributed by atoms with Crippen molar-refractivity contribution in [2.24, 2.45) is 0 Å². The molecule has 29 heavy (non-hydrogen) atoms. The molecule has 0 saturated carbocycles.